The Kier molecular flexibility index (Phi) is 5.72. The van der Waals surface area contributed by atoms with Gasteiger partial charge in [0.2, 0.25) is 5.91 Å². The van der Waals surface area contributed by atoms with Crippen LogP contribution in [0.3, 0.4) is 0 Å². The van der Waals surface area contributed by atoms with Gasteiger partial charge in [-0.15, -0.1) is 0 Å². The standard InChI is InChI=1S/C17H21N3O3/c1-12-5-6-13(17(22)23)10-15(12)19-16(21)14-4-2-8-20(11-14)9-3-7-18/h5-6,10,14H,2-4,8-9,11H2,1H3,(H,19,21)(H,22,23). The second kappa shape index (κ2) is 7.75. The lowest BCUT2D eigenvalue weighted by molar-refractivity contribution is -0.121. The van der Waals surface area contributed by atoms with Crippen molar-refractivity contribution in [2.75, 3.05) is 25.0 Å². The molecule has 0 radical (unpaired) electrons. The van der Waals surface area contributed by atoms with Crippen molar-refractivity contribution in [1.82, 2.24) is 4.90 Å². The van der Waals surface area contributed by atoms with Crippen LogP contribution in [-0.4, -0.2) is 41.5 Å². The number of carbonyl (C=O) groups excluding carboxylic acids is 1. The van der Waals surface area contributed by atoms with Crippen LogP contribution in [0, 0.1) is 24.2 Å². The Labute approximate surface area is 135 Å². The number of hydrogen-bond donors (Lipinski definition) is 2. The van der Waals surface area contributed by atoms with E-state index in [0.29, 0.717) is 25.2 Å². The van der Waals surface area contributed by atoms with E-state index in [2.05, 4.69) is 16.3 Å². The first-order chi connectivity index (χ1) is 11.0. The largest absolute Gasteiger partial charge is 0.478 e. The van der Waals surface area contributed by atoms with Gasteiger partial charge in [-0.1, -0.05) is 6.07 Å². The zero-order valence-electron chi connectivity index (χ0n) is 13.2. The second-order valence-electron chi connectivity index (χ2n) is 5.87. The van der Waals surface area contributed by atoms with Gasteiger partial charge in [-0.2, -0.15) is 5.26 Å². The molecule has 1 amide bonds. The minimum atomic E-state index is -1.01. The number of carboxylic acid groups (broad SMARTS) is 1. The second-order valence-corrected chi connectivity index (χ2v) is 5.87. The fraction of sp³-hybridized carbons (Fsp3) is 0.471. The fourth-order valence-corrected chi connectivity index (χ4v) is 2.81. The number of nitrogens with zero attached hydrogens (tertiary/aromatic N) is 2. The van der Waals surface area contributed by atoms with Gasteiger partial charge in [-0.05, 0) is 44.0 Å². The van der Waals surface area contributed by atoms with E-state index in [1.54, 1.807) is 6.07 Å². The molecule has 6 heteroatoms. The highest BCUT2D eigenvalue weighted by Crippen LogP contribution is 2.21. The van der Waals surface area contributed by atoms with Crippen molar-refractivity contribution >= 4 is 17.6 Å². The maximum Gasteiger partial charge on any atom is 0.335 e. The zero-order valence-corrected chi connectivity index (χ0v) is 13.2. The molecule has 0 saturated carbocycles. The smallest absolute Gasteiger partial charge is 0.335 e. The number of aryl methyl sites for hydroxylation is 1. The van der Waals surface area contributed by atoms with Crippen molar-refractivity contribution in [3.05, 3.63) is 29.3 Å². The van der Waals surface area contributed by atoms with Gasteiger partial charge in [0.15, 0.2) is 0 Å². The highest BCUT2D eigenvalue weighted by atomic mass is 16.4. The van der Waals surface area contributed by atoms with E-state index >= 15 is 0 Å². The zero-order chi connectivity index (χ0) is 16.8. The summed E-state index contributed by atoms with van der Waals surface area (Å²) in [5.41, 5.74) is 1.54. The minimum absolute atomic E-state index is 0.0858. The first-order valence-corrected chi connectivity index (χ1v) is 7.75. The molecule has 1 unspecified atom stereocenters. The topological polar surface area (TPSA) is 93.4 Å². The first kappa shape index (κ1) is 17.0. The summed E-state index contributed by atoms with van der Waals surface area (Å²) in [7, 11) is 0. The number of likely N-dealkylation sites (tertiary alicyclic amines) is 1. The number of piperidine rings is 1. The average Bonchev–Trinajstić information content (AvgIpc) is 2.55. The summed E-state index contributed by atoms with van der Waals surface area (Å²) in [4.78, 5) is 25.7. The molecule has 1 aliphatic rings. The Bertz CT molecular complexity index is 636. The molecular formula is C17H21N3O3. The molecule has 1 heterocycles. The lowest BCUT2D eigenvalue weighted by Gasteiger charge is -2.31. The van der Waals surface area contributed by atoms with Gasteiger partial charge in [-0.25, -0.2) is 4.79 Å². The Balaban J connectivity index is 2.02. The van der Waals surface area contributed by atoms with E-state index in [9.17, 15) is 9.59 Å². The van der Waals surface area contributed by atoms with E-state index in [1.807, 2.05) is 6.92 Å². The molecule has 1 fully saturated rings. The number of carboxylic acids is 1. The quantitative estimate of drug-likeness (QED) is 0.869. The molecule has 0 bridgehead atoms. The van der Waals surface area contributed by atoms with Gasteiger partial charge in [0, 0.05) is 25.2 Å². The number of carbonyl (C=O) groups is 2. The number of hydrogen-bond acceptors (Lipinski definition) is 4. The molecule has 6 nitrogen and oxygen atoms in total. The Morgan fingerprint density at radius 3 is 2.96 bits per heavy atom. The van der Waals surface area contributed by atoms with Crippen LogP contribution in [0.2, 0.25) is 0 Å². The third-order valence-corrected chi connectivity index (χ3v) is 4.16. The molecular weight excluding hydrogens is 294 g/mol. The van der Waals surface area contributed by atoms with Crippen molar-refractivity contribution in [3.8, 4) is 6.07 Å². The molecule has 1 aliphatic heterocycles. The van der Waals surface area contributed by atoms with Crippen molar-refractivity contribution in [2.24, 2.45) is 5.92 Å². The third-order valence-electron chi connectivity index (χ3n) is 4.16. The van der Waals surface area contributed by atoms with E-state index in [-0.39, 0.29) is 17.4 Å². The van der Waals surface area contributed by atoms with E-state index in [1.165, 1.54) is 12.1 Å². The Morgan fingerprint density at radius 2 is 2.26 bits per heavy atom. The average molecular weight is 315 g/mol. The minimum Gasteiger partial charge on any atom is -0.478 e. The van der Waals surface area contributed by atoms with E-state index in [4.69, 9.17) is 10.4 Å². The first-order valence-electron chi connectivity index (χ1n) is 7.75. The molecule has 0 aliphatic carbocycles. The highest BCUT2D eigenvalue weighted by molar-refractivity contribution is 5.96. The van der Waals surface area contributed by atoms with Crippen molar-refractivity contribution in [2.45, 2.75) is 26.2 Å². The predicted octanol–water partition coefficient (Wildman–Crippen LogP) is 2.26. The molecule has 0 aromatic heterocycles. The van der Waals surface area contributed by atoms with Crippen LogP contribution >= 0.6 is 0 Å². The summed E-state index contributed by atoms with van der Waals surface area (Å²) in [6, 6.07) is 6.84. The predicted molar refractivity (Wildman–Crippen MR) is 86.2 cm³/mol. The van der Waals surface area contributed by atoms with Crippen LogP contribution in [0.4, 0.5) is 5.69 Å². The maximum atomic E-state index is 12.5. The molecule has 1 saturated heterocycles. The SMILES string of the molecule is Cc1ccc(C(=O)O)cc1NC(=O)C1CCCN(CCC#N)C1. The number of aromatic carboxylic acids is 1. The van der Waals surface area contributed by atoms with Gasteiger partial charge >= 0.3 is 5.97 Å². The summed E-state index contributed by atoms with van der Waals surface area (Å²) in [5, 5.41) is 20.6. The monoisotopic (exact) mass is 315 g/mol. The summed E-state index contributed by atoms with van der Waals surface area (Å²) in [6.45, 7) is 4.08. The van der Waals surface area contributed by atoms with Crippen molar-refractivity contribution in [1.29, 1.82) is 5.26 Å². The molecule has 2 N–H and O–H groups in total. The lowest BCUT2D eigenvalue weighted by Crippen LogP contribution is -2.41. The number of rotatable bonds is 5. The van der Waals surface area contributed by atoms with Crippen molar-refractivity contribution in [3.63, 3.8) is 0 Å². The molecule has 0 spiro atoms. The van der Waals surface area contributed by atoms with Crippen LogP contribution < -0.4 is 5.32 Å². The Morgan fingerprint density at radius 1 is 1.48 bits per heavy atom. The van der Waals surface area contributed by atoms with Gasteiger partial charge in [0.25, 0.3) is 0 Å². The third kappa shape index (κ3) is 4.54. The van der Waals surface area contributed by atoms with Crippen LogP contribution in [0.15, 0.2) is 18.2 Å². The summed E-state index contributed by atoms with van der Waals surface area (Å²) in [6.07, 6.45) is 2.21. The van der Waals surface area contributed by atoms with Gasteiger partial charge in [-0.3, -0.25) is 4.79 Å². The lowest BCUT2D eigenvalue weighted by atomic mass is 9.96. The molecule has 1 aromatic carbocycles. The van der Waals surface area contributed by atoms with E-state index < -0.39 is 5.97 Å². The summed E-state index contributed by atoms with van der Waals surface area (Å²) < 4.78 is 0. The molecule has 122 valence electrons. The Hall–Kier alpha value is -2.39. The number of nitriles is 1. The fourth-order valence-electron chi connectivity index (χ4n) is 2.81. The molecule has 1 aromatic rings. The number of benzene rings is 1. The normalized spacial score (nSPS) is 18.2. The molecule has 2 rings (SSSR count). The summed E-state index contributed by atoms with van der Waals surface area (Å²) in [5.74, 6) is -1.23. The van der Waals surface area contributed by atoms with E-state index in [0.717, 1.165) is 24.9 Å². The van der Waals surface area contributed by atoms with Crippen LogP contribution in [-0.2, 0) is 4.79 Å². The highest BCUT2D eigenvalue weighted by Gasteiger charge is 2.26. The maximum absolute atomic E-state index is 12.5. The number of amides is 1. The molecule has 1 atom stereocenters. The van der Waals surface area contributed by atoms with Crippen LogP contribution in [0.5, 0.6) is 0 Å². The van der Waals surface area contributed by atoms with Gasteiger partial charge in [0.1, 0.15) is 0 Å². The number of nitrogens with one attached hydrogen (secondary N) is 1. The van der Waals surface area contributed by atoms with Gasteiger partial charge < -0.3 is 15.3 Å². The van der Waals surface area contributed by atoms with Crippen LogP contribution in [0.1, 0.15) is 35.2 Å². The van der Waals surface area contributed by atoms with Crippen LogP contribution in [0.25, 0.3) is 0 Å². The summed E-state index contributed by atoms with van der Waals surface area (Å²) >= 11 is 0. The molecule has 23 heavy (non-hydrogen) atoms. The van der Waals surface area contributed by atoms with Gasteiger partial charge in [0.05, 0.1) is 17.6 Å². The van der Waals surface area contributed by atoms with Crippen molar-refractivity contribution < 1.29 is 14.7 Å². The number of anilines is 1.